The summed E-state index contributed by atoms with van der Waals surface area (Å²) in [6.07, 6.45) is 4.45. The molecule has 2 amide bonds. The van der Waals surface area contributed by atoms with Gasteiger partial charge in [0.1, 0.15) is 17.9 Å². The number of ether oxygens (including phenoxy) is 1. The standard InChI is InChI=1S/C25H24ClN3O3S/c1-3-16-8-7-9-18-17(14-19-23(30)27-25(33)29(4-2)24(19)31)15-28(22(16)18)12-13-32-21-11-6-5-10-20(21)26/h5-11,14-15H,3-4,12-13H2,1-2H3,(H,27,30,33). The van der Waals surface area contributed by atoms with Gasteiger partial charge in [-0.15, -0.1) is 0 Å². The molecule has 0 spiro atoms. The predicted octanol–water partition coefficient (Wildman–Crippen LogP) is 4.58. The number of fused-ring (bicyclic) bond motifs is 1. The van der Waals surface area contributed by atoms with Crippen LogP contribution in [0.3, 0.4) is 0 Å². The van der Waals surface area contributed by atoms with Crippen LogP contribution in [0, 0.1) is 0 Å². The van der Waals surface area contributed by atoms with Crippen LogP contribution in [0.15, 0.2) is 54.2 Å². The van der Waals surface area contributed by atoms with E-state index >= 15 is 0 Å². The van der Waals surface area contributed by atoms with Crippen LogP contribution in [-0.2, 0) is 22.6 Å². The molecule has 0 atom stereocenters. The Balaban J connectivity index is 1.70. The van der Waals surface area contributed by atoms with Gasteiger partial charge in [0.05, 0.1) is 17.1 Å². The lowest BCUT2D eigenvalue weighted by atomic mass is 10.0. The Labute approximate surface area is 202 Å². The molecule has 0 aliphatic carbocycles. The van der Waals surface area contributed by atoms with Crippen molar-refractivity contribution in [2.75, 3.05) is 13.2 Å². The number of aromatic nitrogens is 1. The van der Waals surface area contributed by atoms with E-state index in [4.69, 9.17) is 28.6 Å². The van der Waals surface area contributed by atoms with Gasteiger partial charge >= 0.3 is 0 Å². The molecule has 8 heteroatoms. The lowest BCUT2D eigenvalue weighted by Gasteiger charge is -2.27. The van der Waals surface area contributed by atoms with Crippen LogP contribution < -0.4 is 10.1 Å². The van der Waals surface area contributed by atoms with E-state index < -0.39 is 5.91 Å². The third-order valence-electron chi connectivity index (χ3n) is 5.62. The van der Waals surface area contributed by atoms with Crippen LogP contribution in [0.25, 0.3) is 17.0 Å². The zero-order valence-corrected chi connectivity index (χ0v) is 20.0. The number of likely N-dealkylation sites (N-methyl/N-ethyl adjacent to an activating group) is 1. The zero-order chi connectivity index (χ0) is 23.5. The van der Waals surface area contributed by atoms with Gasteiger partial charge in [0.25, 0.3) is 11.8 Å². The van der Waals surface area contributed by atoms with Gasteiger partial charge in [-0.2, -0.15) is 0 Å². The van der Waals surface area contributed by atoms with Crippen molar-refractivity contribution in [3.63, 3.8) is 0 Å². The minimum Gasteiger partial charge on any atom is -0.490 e. The summed E-state index contributed by atoms with van der Waals surface area (Å²) in [6.45, 7) is 5.29. The Bertz CT molecular complexity index is 1280. The van der Waals surface area contributed by atoms with Crippen LogP contribution in [0.4, 0.5) is 0 Å². The molecular weight excluding hydrogens is 458 g/mol. The Morgan fingerprint density at radius 2 is 1.91 bits per heavy atom. The van der Waals surface area contributed by atoms with Gasteiger partial charge in [0.2, 0.25) is 0 Å². The molecule has 1 aliphatic rings. The summed E-state index contributed by atoms with van der Waals surface area (Å²) in [4.78, 5) is 26.8. The van der Waals surface area contributed by atoms with E-state index in [1.54, 1.807) is 12.1 Å². The van der Waals surface area contributed by atoms with Gasteiger partial charge in [0, 0.05) is 23.7 Å². The average molecular weight is 482 g/mol. The number of carbonyl (C=O) groups excluding carboxylic acids is 2. The summed E-state index contributed by atoms with van der Waals surface area (Å²) in [7, 11) is 0. The Morgan fingerprint density at radius 3 is 2.64 bits per heavy atom. The number of para-hydroxylation sites is 2. The van der Waals surface area contributed by atoms with Crippen molar-refractivity contribution in [2.24, 2.45) is 0 Å². The molecule has 0 unspecified atom stereocenters. The number of nitrogens with zero attached hydrogens (tertiary/aromatic N) is 2. The van der Waals surface area contributed by atoms with Crippen molar-refractivity contribution < 1.29 is 14.3 Å². The number of hydrogen-bond donors (Lipinski definition) is 1. The van der Waals surface area contributed by atoms with E-state index in [0.29, 0.717) is 30.5 Å². The molecule has 0 bridgehead atoms. The number of nitrogens with one attached hydrogen (secondary N) is 1. The second-order valence-corrected chi connectivity index (χ2v) is 8.38. The monoisotopic (exact) mass is 481 g/mol. The molecule has 3 aromatic rings. The van der Waals surface area contributed by atoms with Gasteiger partial charge in [-0.25, -0.2) is 0 Å². The van der Waals surface area contributed by atoms with Gasteiger partial charge in [-0.05, 0) is 49.3 Å². The van der Waals surface area contributed by atoms with E-state index in [-0.39, 0.29) is 16.6 Å². The average Bonchev–Trinajstić information content (AvgIpc) is 3.15. The summed E-state index contributed by atoms with van der Waals surface area (Å²) in [5.41, 5.74) is 3.09. The zero-order valence-electron chi connectivity index (χ0n) is 18.4. The maximum atomic E-state index is 12.9. The number of carbonyl (C=O) groups is 2. The third kappa shape index (κ3) is 4.51. The van der Waals surface area contributed by atoms with Crippen molar-refractivity contribution >= 4 is 57.7 Å². The molecule has 1 fully saturated rings. The van der Waals surface area contributed by atoms with Crippen LogP contribution in [0.2, 0.25) is 5.02 Å². The van der Waals surface area contributed by atoms with Crippen LogP contribution in [0.1, 0.15) is 25.0 Å². The molecule has 1 N–H and O–H groups in total. The highest BCUT2D eigenvalue weighted by Crippen LogP contribution is 2.29. The van der Waals surface area contributed by atoms with E-state index in [2.05, 4.69) is 22.9 Å². The highest BCUT2D eigenvalue weighted by atomic mass is 35.5. The number of aryl methyl sites for hydroxylation is 1. The Kier molecular flexibility index (Phi) is 6.81. The predicted molar refractivity (Wildman–Crippen MR) is 134 cm³/mol. The highest BCUT2D eigenvalue weighted by molar-refractivity contribution is 7.80. The summed E-state index contributed by atoms with van der Waals surface area (Å²) in [5.74, 6) is -0.237. The van der Waals surface area contributed by atoms with Gasteiger partial charge in [-0.3, -0.25) is 19.8 Å². The lowest BCUT2D eigenvalue weighted by molar-refractivity contribution is -0.128. The van der Waals surface area contributed by atoms with Crippen LogP contribution >= 0.6 is 23.8 Å². The molecule has 170 valence electrons. The Hall–Kier alpha value is -3.16. The number of amides is 2. The van der Waals surface area contributed by atoms with Gasteiger partial charge in [-0.1, -0.05) is 48.9 Å². The first-order valence-electron chi connectivity index (χ1n) is 10.8. The number of thiocarbonyl (C=S) groups is 1. The second-order valence-electron chi connectivity index (χ2n) is 7.59. The molecule has 0 radical (unpaired) electrons. The minimum absolute atomic E-state index is 0.0683. The smallest absolute Gasteiger partial charge is 0.265 e. The largest absolute Gasteiger partial charge is 0.490 e. The van der Waals surface area contributed by atoms with Gasteiger partial charge < -0.3 is 9.30 Å². The molecule has 33 heavy (non-hydrogen) atoms. The molecule has 2 heterocycles. The molecule has 0 saturated carbocycles. The van der Waals surface area contributed by atoms with Crippen molar-refractivity contribution in [3.05, 3.63) is 70.4 Å². The van der Waals surface area contributed by atoms with E-state index in [1.165, 1.54) is 10.5 Å². The number of benzene rings is 2. The summed E-state index contributed by atoms with van der Waals surface area (Å²) < 4.78 is 7.99. The van der Waals surface area contributed by atoms with E-state index in [1.807, 2.05) is 43.5 Å². The summed E-state index contributed by atoms with van der Waals surface area (Å²) >= 11 is 11.3. The normalized spacial score (nSPS) is 15.4. The first-order valence-corrected chi connectivity index (χ1v) is 11.6. The van der Waals surface area contributed by atoms with Gasteiger partial charge in [0.15, 0.2) is 5.11 Å². The minimum atomic E-state index is -0.482. The number of hydrogen-bond acceptors (Lipinski definition) is 4. The molecule has 2 aromatic carbocycles. The van der Waals surface area contributed by atoms with Crippen molar-refractivity contribution in [1.82, 2.24) is 14.8 Å². The fraction of sp³-hybridized carbons (Fsp3) is 0.240. The second kappa shape index (κ2) is 9.77. The van der Waals surface area contributed by atoms with E-state index in [0.717, 1.165) is 22.9 Å². The molecule has 4 rings (SSSR count). The Morgan fingerprint density at radius 1 is 1.12 bits per heavy atom. The molecule has 1 saturated heterocycles. The van der Waals surface area contributed by atoms with Crippen molar-refractivity contribution in [2.45, 2.75) is 26.8 Å². The quantitative estimate of drug-likeness (QED) is 0.305. The van der Waals surface area contributed by atoms with Crippen molar-refractivity contribution in [1.29, 1.82) is 0 Å². The fourth-order valence-electron chi connectivity index (χ4n) is 3.99. The topological polar surface area (TPSA) is 63.6 Å². The number of rotatable bonds is 7. The third-order valence-corrected chi connectivity index (χ3v) is 6.26. The fourth-order valence-corrected chi connectivity index (χ4v) is 4.49. The molecular formula is C25H24ClN3O3S. The highest BCUT2D eigenvalue weighted by Gasteiger charge is 2.32. The van der Waals surface area contributed by atoms with Crippen molar-refractivity contribution in [3.8, 4) is 5.75 Å². The summed E-state index contributed by atoms with van der Waals surface area (Å²) in [6, 6.07) is 13.4. The molecule has 6 nitrogen and oxygen atoms in total. The lowest BCUT2D eigenvalue weighted by Crippen LogP contribution is -2.53. The molecule has 1 aromatic heterocycles. The first kappa shape index (κ1) is 23.0. The van der Waals surface area contributed by atoms with Crippen LogP contribution in [-0.4, -0.2) is 39.5 Å². The first-order chi connectivity index (χ1) is 15.9. The maximum Gasteiger partial charge on any atom is 0.265 e. The number of halogens is 1. The maximum absolute atomic E-state index is 12.9. The van der Waals surface area contributed by atoms with E-state index in [9.17, 15) is 9.59 Å². The molecule has 1 aliphatic heterocycles. The van der Waals surface area contributed by atoms with Crippen LogP contribution in [0.5, 0.6) is 5.75 Å². The SMILES string of the molecule is CCc1cccc2c(C=C3C(=O)NC(=S)N(CC)C3=O)cn(CCOc3ccccc3Cl)c12. The summed E-state index contributed by atoms with van der Waals surface area (Å²) in [5, 5.41) is 4.28.